The second-order valence-corrected chi connectivity index (χ2v) is 6.55. The average Bonchev–Trinajstić information content (AvgIpc) is 3.16. The van der Waals surface area contributed by atoms with Crippen molar-refractivity contribution in [2.75, 3.05) is 6.54 Å². The molecule has 0 unspecified atom stereocenters. The van der Waals surface area contributed by atoms with E-state index < -0.39 is 0 Å². The zero-order valence-corrected chi connectivity index (χ0v) is 14.5. The Bertz CT molecular complexity index is 1090. The van der Waals surface area contributed by atoms with E-state index in [-0.39, 0.29) is 11.7 Å². The summed E-state index contributed by atoms with van der Waals surface area (Å²) in [6, 6.07) is 12.7. The molecule has 4 nitrogen and oxygen atoms in total. The third-order valence-electron chi connectivity index (χ3n) is 4.80. The number of carbonyl (C=O) groups is 1. The minimum atomic E-state index is -0.249. The molecule has 2 aromatic carbocycles. The minimum Gasteiger partial charge on any atom is -0.361 e. The molecule has 4 rings (SSSR count). The maximum atomic E-state index is 13.5. The normalized spacial score (nSPS) is 11.3. The Morgan fingerprint density at radius 1 is 1.12 bits per heavy atom. The third kappa shape index (κ3) is 3.08. The van der Waals surface area contributed by atoms with Gasteiger partial charge >= 0.3 is 0 Å². The number of halogens is 1. The summed E-state index contributed by atoms with van der Waals surface area (Å²) >= 11 is 0. The first kappa shape index (κ1) is 16.4. The Hall–Kier alpha value is -3.08. The number of hydrogen-bond donors (Lipinski definition) is 3. The molecule has 132 valence electrons. The molecule has 0 aliphatic heterocycles. The van der Waals surface area contributed by atoms with Crippen LogP contribution in [0.1, 0.15) is 16.8 Å². The van der Waals surface area contributed by atoms with Gasteiger partial charge in [0.25, 0.3) is 0 Å². The Kier molecular flexibility index (Phi) is 4.21. The number of H-pyrrole nitrogens is 2. The van der Waals surface area contributed by atoms with Gasteiger partial charge in [0.2, 0.25) is 5.91 Å². The summed E-state index contributed by atoms with van der Waals surface area (Å²) in [7, 11) is 0. The molecular weight excluding hydrogens is 329 g/mol. The van der Waals surface area contributed by atoms with Crippen LogP contribution in [0.2, 0.25) is 0 Å². The van der Waals surface area contributed by atoms with E-state index >= 15 is 0 Å². The van der Waals surface area contributed by atoms with Crippen molar-refractivity contribution in [2.45, 2.75) is 19.8 Å². The third-order valence-corrected chi connectivity index (χ3v) is 4.80. The fraction of sp³-hybridized carbons (Fsp3) is 0.190. The molecule has 1 amide bonds. The summed E-state index contributed by atoms with van der Waals surface area (Å²) in [5.41, 5.74) is 5.00. The maximum absolute atomic E-state index is 13.5. The molecule has 0 aliphatic rings. The molecule has 5 heteroatoms. The quantitative estimate of drug-likeness (QED) is 0.501. The van der Waals surface area contributed by atoms with E-state index in [2.05, 4.69) is 15.3 Å². The largest absolute Gasteiger partial charge is 0.361 e. The summed E-state index contributed by atoms with van der Waals surface area (Å²) in [5.74, 6) is -0.264. The van der Waals surface area contributed by atoms with Gasteiger partial charge in [-0.3, -0.25) is 4.79 Å². The minimum absolute atomic E-state index is 0.0153. The first-order valence-electron chi connectivity index (χ1n) is 8.70. The van der Waals surface area contributed by atoms with Crippen LogP contribution in [0.3, 0.4) is 0 Å². The van der Waals surface area contributed by atoms with E-state index in [9.17, 15) is 9.18 Å². The predicted octanol–water partition coefficient (Wildman–Crippen LogP) is 4.00. The standard InChI is InChI=1S/C21H20FN3O/c1-13-16(18-11-15(22)6-7-20(18)25-13)8-9-23-21(26)10-14-12-24-19-5-3-2-4-17(14)19/h2-7,11-12,24-25H,8-10H2,1H3,(H,23,26). The second-order valence-electron chi connectivity index (χ2n) is 6.55. The second kappa shape index (κ2) is 6.67. The molecule has 0 saturated carbocycles. The van der Waals surface area contributed by atoms with Crippen LogP contribution in [0, 0.1) is 12.7 Å². The van der Waals surface area contributed by atoms with E-state index in [1.807, 2.05) is 37.4 Å². The molecule has 2 aromatic heterocycles. The molecule has 0 bridgehead atoms. The fourth-order valence-corrected chi connectivity index (χ4v) is 3.52. The molecule has 4 aromatic rings. The Balaban J connectivity index is 1.41. The van der Waals surface area contributed by atoms with E-state index in [4.69, 9.17) is 0 Å². The molecule has 3 N–H and O–H groups in total. The smallest absolute Gasteiger partial charge is 0.224 e. The van der Waals surface area contributed by atoms with Gasteiger partial charge in [-0.05, 0) is 48.7 Å². The lowest BCUT2D eigenvalue weighted by atomic mass is 10.1. The lowest BCUT2D eigenvalue weighted by molar-refractivity contribution is -0.120. The summed E-state index contributed by atoms with van der Waals surface area (Å²) in [6.45, 7) is 2.49. The molecule has 0 radical (unpaired) electrons. The van der Waals surface area contributed by atoms with E-state index in [1.54, 1.807) is 12.1 Å². The highest BCUT2D eigenvalue weighted by molar-refractivity contribution is 5.89. The van der Waals surface area contributed by atoms with E-state index in [1.165, 1.54) is 6.07 Å². The van der Waals surface area contributed by atoms with Gasteiger partial charge in [-0.2, -0.15) is 0 Å². The van der Waals surface area contributed by atoms with Gasteiger partial charge < -0.3 is 15.3 Å². The maximum Gasteiger partial charge on any atom is 0.224 e. The fourth-order valence-electron chi connectivity index (χ4n) is 3.52. The van der Waals surface area contributed by atoms with Crippen LogP contribution in [0.4, 0.5) is 4.39 Å². The number of carbonyl (C=O) groups excluding carboxylic acids is 1. The van der Waals surface area contributed by atoms with Gasteiger partial charge in [0.1, 0.15) is 5.82 Å². The zero-order valence-electron chi connectivity index (χ0n) is 14.5. The number of benzene rings is 2. The lowest BCUT2D eigenvalue weighted by Crippen LogP contribution is -2.27. The van der Waals surface area contributed by atoms with Crippen molar-refractivity contribution in [3.05, 3.63) is 71.3 Å². The predicted molar refractivity (Wildman–Crippen MR) is 102 cm³/mol. The van der Waals surface area contributed by atoms with Crippen LogP contribution in [0.5, 0.6) is 0 Å². The molecular formula is C21H20FN3O. The van der Waals surface area contributed by atoms with Gasteiger partial charge in [-0.25, -0.2) is 4.39 Å². The highest BCUT2D eigenvalue weighted by atomic mass is 19.1. The van der Waals surface area contributed by atoms with Gasteiger partial charge in [-0.1, -0.05) is 18.2 Å². The lowest BCUT2D eigenvalue weighted by Gasteiger charge is -2.06. The van der Waals surface area contributed by atoms with Crippen molar-refractivity contribution in [3.8, 4) is 0 Å². The van der Waals surface area contributed by atoms with Crippen LogP contribution >= 0.6 is 0 Å². The van der Waals surface area contributed by atoms with Crippen LogP contribution in [-0.2, 0) is 17.6 Å². The van der Waals surface area contributed by atoms with Crippen LogP contribution in [-0.4, -0.2) is 22.4 Å². The number of hydrogen-bond acceptors (Lipinski definition) is 1. The summed E-state index contributed by atoms with van der Waals surface area (Å²) in [4.78, 5) is 18.7. The van der Waals surface area contributed by atoms with Gasteiger partial charge in [-0.15, -0.1) is 0 Å². The number of fused-ring (bicyclic) bond motifs is 2. The van der Waals surface area contributed by atoms with Crippen LogP contribution in [0.25, 0.3) is 21.8 Å². The molecule has 0 fully saturated rings. The highest BCUT2D eigenvalue weighted by Crippen LogP contribution is 2.23. The van der Waals surface area contributed by atoms with E-state index in [0.717, 1.165) is 38.6 Å². The van der Waals surface area contributed by atoms with Crippen LogP contribution in [0.15, 0.2) is 48.7 Å². The van der Waals surface area contributed by atoms with Crippen molar-refractivity contribution in [1.82, 2.24) is 15.3 Å². The Labute approximate surface area is 150 Å². The Morgan fingerprint density at radius 2 is 1.96 bits per heavy atom. The number of amides is 1. The molecule has 0 atom stereocenters. The number of para-hydroxylation sites is 1. The molecule has 0 aliphatic carbocycles. The number of aromatic nitrogens is 2. The Morgan fingerprint density at radius 3 is 2.85 bits per heavy atom. The number of aromatic amines is 2. The number of nitrogens with one attached hydrogen (secondary N) is 3. The van der Waals surface area contributed by atoms with Crippen molar-refractivity contribution in [1.29, 1.82) is 0 Å². The topological polar surface area (TPSA) is 60.7 Å². The highest BCUT2D eigenvalue weighted by Gasteiger charge is 2.11. The number of rotatable bonds is 5. The van der Waals surface area contributed by atoms with Crippen molar-refractivity contribution >= 4 is 27.7 Å². The van der Waals surface area contributed by atoms with E-state index in [0.29, 0.717) is 19.4 Å². The molecule has 26 heavy (non-hydrogen) atoms. The van der Waals surface area contributed by atoms with Gasteiger partial charge in [0.15, 0.2) is 0 Å². The molecule has 2 heterocycles. The molecule has 0 spiro atoms. The van der Waals surface area contributed by atoms with Crippen molar-refractivity contribution in [2.24, 2.45) is 0 Å². The summed E-state index contributed by atoms with van der Waals surface area (Å²) in [5, 5.41) is 4.93. The van der Waals surface area contributed by atoms with Crippen molar-refractivity contribution in [3.63, 3.8) is 0 Å². The first-order valence-corrected chi connectivity index (χ1v) is 8.70. The first-order chi connectivity index (χ1) is 12.6. The van der Waals surface area contributed by atoms with Crippen LogP contribution < -0.4 is 5.32 Å². The monoisotopic (exact) mass is 349 g/mol. The SMILES string of the molecule is Cc1[nH]c2ccc(F)cc2c1CCNC(=O)Cc1c[nH]c2ccccc12. The summed E-state index contributed by atoms with van der Waals surface area (Å²) in [6.07, 6.45) is 2.89. The van der Waals surface area contributed by atoms with Gasteiger partial charge in [0.05, 0.1) is 6.42 Å². The van der Waals surface area contributed by atoms with Crippen molar-refractivity contribution < 1.29 is 9.18 Å². The average molecular weight is 349 g/mol. The zero-order chi connectivity index (χ0) is 18.1. The number of aryl methyl sites for hydroxylation is 1. The van der Waals surface area contributed by atoms with Gasteiger partial charge in [0, 0.05) is 40.2 Å². The summed E-state index contributed by atoms with van der Waals surface area (Å²) < 4.78 is 13.5. The molecule has 0 saturated heterocycles.